The molecule has 0 aliphatic carbocycles. The van der Waals surface area contributed by atoms with Gasteiger partial charge in [-0.3, -0.25) is 4.79 Å². The maximum Gasteiger partial charge on any atom is 0.255 e. The van der Waals surface area contributed by atoms with Crippen molar-refractivity contribution in [2.45, 2.75) is 18.9 Å². The van der Waals surface area contributed by atoms with Gasteiger partial charge in [-0.25, -0.2) is 4.98 Å². The largest absolute Gasteiger partial charge is 0.375 e. The Kier molecular flexibility index (Phi) is 5.55. The fraction of sp³-hybridized carbons (Fsp3) is 0.444. The number of hydrogen-bond donors (Lipinski definition) is 0. The van der Waals surface area contributed by atoms with Gasteiger partial charge in [0.25, 0.3) is 5.91 Å². The number of amides is 1. The number of morpholine rings is 1. The van der Waals surface area contributed by atoms with Gasteiger partial charge in [-0.05, 0) is 36.6 Å². The minimum atomic E-state index is -0.0120. The SMILES string of the molecule is CN(C)c1cc(CCC2CN(C(=O)c3ccnnc3)CCO2)ccn1. The van der Waals surface area contributed by atoms with Crippen LogP contribution in [0.1, 0.15) is 22.3 Å². The lowest BCUT2D eigenvalue weighted by Gasteiger charge is -2.33. The highest BCUT2D eigenvalue weighted by Crippen LogP contribution is 2.16. The van der Waals surface area contributed by atoms with Gasteiger partial charge in [0, 0.05) is 33.4 Å². The zero-order valence-electron chi connectivity index (χ0n) is 14.6. The van der Waals surface area contributed by atoms with Crippen LogP contribution in [0.4, 0.5) is 5.82 Å². The molecular weight excluding hydrogens is 318 g/mol. The first-order chi connectivity index (χ1) is 12.1. The Morgan fingerprint density at radius 1 is 1.32 bits per heavy atom. The molecule has 7 nitrogen and oxygen atoms in total. The first kappa shape index (κ1) is 17.3. The van der Waals surface area contributed by atoms with E-state index in [0.717, 1.165) is 18.7 Å². The molecule has 1 aliphatic rings. The van der Waals surface area contributed by atoms with Crippen LogP contribution in [0.25, 0.3) is 0 Å². The first-order valence-electron chi connectivity index (χ1n) is 8.43. The van der Waals surface area contributed by atoms with Gasteiger partial charge in [0.1, 0.15) is 5.82 Å². The van der Waals surface area contributed by atoms with E-state index in [1.165, 1.54) is 18.0 Å². The van der Waals surface area contributed by atoms with Crippen LogP contribution in [-0.4, -0.2) is 65.9 Å². The molecule has 2 aromatic rings. The fourth-order valence-corrected chi connectivity index (χ4v) is 2.87. The van der Waals surface area contributed by atoms with Crippen LogP contribution < -0.4 is 4.90 Å². The highest BCUT2D eigenvalue weighted by molar-refractivity contribution is 5.93. The van der Waals surface area contributed by atoms with Crippen molar-refractivity contribution in [1.29, 1.82) is 0 Å². The van der Waals surface area contributed by atoms with Gasteiger partial charge in [0.15, 0.2) is 0 Å². The highest BCUT2D eigenvalue weighted by atomic mass is 16.5. The van der Waals surface area contributed by atoms with Gasteiger partial charge in [-0.2, -0.15) is 10.2 Å². The molecule has 1 fully saturated rings. The molecule has 7 heteroatoms. The van der Waals surface area contributed by atoms with Crippen LogP contribution in [0, 0.1) is 0 Å². The van der Waals surface area contributed by atoms with Gasteiger partial charge in [0.2, 0.25) is 0 Å². The van der Waals surface area contributed by atoms with Crippen LogP contribution in [0.2, 0.25) is 0 Å². The molecule has 1 unspecified atom stereocenters. The van der Waals surface area contributed by atoms with E-state index in [1.54, 1.807) is 6.07 Å². The van der Waals surface area contributed by atoms with Crippen LogP contribution in [-0.2, 0) is 11.2 Å². The van der Waals surface area contributed by atoms with Gasteiger partial charge in [0.05, 0.1) is 30.7 Å². The fourth-order valence-electron chi connectivity index (χ4n) is 2.87. The minimum Gasteiger partial charge on any atom is -0.375 e. The number of carbonyl (C=O) groups is 1. The Hall–Kier alpha value is -2.54. The Balaban J connectivity index is 1.57. The number of pyridine rings is 1. The quantitative estimate of drug-likeness (QED) is 0.819. The van der Waals surface area contributed by atoms with Crippen molar-refractivity contribution in [3.8, 4) is 0 Å². The summed E-state index contributed by atoms with van der Waals surface area (Å²) in [5, 5.41) is 7.50. The second kappa shape index (κ2) is 8.02. The third-order valence-corrected chi connectivity index (χ3v) is 4.28. The van der Waals surface area contributed by atoms with Gasteiger partial charge < -0.3 is 14.5 Å². The summed E-state index contributed by atoms with van der Waals surface area (Å²) in [4.78, 5) is 20.7. The average Bonchev–Trinajstić information content (AvgIpc) is 2.67. The second-order valence-electron chi connectivity index (χ2n) is 6.33. The minimum absolute atomic E-state index is 0.0120. The number of nitrogens with zero attached hydrogens (tertiary/aromatic N) is 5. The molecule has 1 aliphatic heterocycles. The lowest BCUT2D eigenvalue weighted by molar-refractivity contribution is -0.0246. The van der Waals surface area contributed by atoms with Gasteiger partial charge in [-0.1, -0.05) is 0 Å². The first-order valence-corrected chi connectivity index (χ1v) is 8.43. The average molecular weight is 341 g/mol. The third-order valence-electron chi connectivity index (χ3n) is 4.28. The molecule has 2 aromatic heterocycles. The third kappa shape index (κ3) is 4.51. The highest BCUT2D eigenvalue weighted by Gasteiger charge is 2.25. The summed E-state index contributed by atoms with van der Waals surface area (Å²) in [5.41, 5.74) is 1.80. The Bertz CT molecular complexity index is 708. The summed E-state index contributed by atoms with van der Waals surface area (Å²) in [7, 11) is 3.96. The van der Waals surface area contributed by atoms with E-state index < -0.39 is 0 Å². The topological polar surface area (TPSA) is 71.5 Å². The molecule has 3 heterocycles. The standard InChI is InChI=1S/C18H23N5O2/c1-22(2)17-11-14(5-7-19-17)3-4-16-13-23(9-10-25-16)18(24)15-6-8-20-21-12-15/h5-8,11-12,16H,3-4,9-10,13H2,1-2H3. The zero-order valence-corrected chi connectivity index (χ0v) is 14.6. The van der Waals surface area contributed by atoms with Crippen molar-refractivity contribution in [3.63, 3.8) is 0 Å². The number of ether oxygens (including phenoxy) is 1. The Morgan fingerprint density at radius 3 is 2.96 bits per heavy atom. The summed E-state index contributed by atoms with van der Waals surface area (Å²) in [6.45, 7) is 1.78. The van der Waals surface area contributed by atoms with Crippen molar-refractivity contribution in [2.24, 2.45) is 0 Å². The molecule has 25 heavy (non-hydrogen) atoms. The van der Waals surface area contributed by atoms with E-state index in [2.05, 4.69) is 21.2 Å². The number of anilines is 1. The molecule has 0 radical (unpaired) electrons. The second-order valence-corrected chi connectivity index (χ2v) is 6.33. The van der Waals surface area contributed by atoms with Crippen molar-refractivity contribution in [2.75, 3.05) is 38.7 Å². The maximum absolute atomic E-state index is 12.5. The summed E-state index contributed by atoms with van der Waals surface area (Å²) in [5.74, 6) is 0.936. The molecule has 3 rings (SSSR count). The molecule has 0 saturated carbocycles. The smallest absolute Gasteiger partial charge is 0.255 e. The monoisotopic (exact) mass is 341 g/mol. The van der Waals surface area contributed by atoms with Crippen LogP contribution >= 0.6 is 0 Å². The van der Waals surface area contributed by atoms with Crippen molar-refractivity contribution in [1.82, 2.24) is 20.1 Å². The van der Waals surface area contributed by atoms with E-state index in [-0.39, 0.29) is 12.0 Å². The summed E-state index contributed by atoms with van der Waals surface area (Å²) >= 11 is 0. The zero-order chi connectivity index (χ0) is 17.6. The molecular formula is C18H23N5O2. The summed E-state index contributed by atoms with van der Waals surface area (Å²) < 4.78 is 5.85. The van der Waals surface area contributed by atoms with Crippen LogP contribution in [0.5, 0.6) is 0 Å². The lowest BCUT2D eigenvalue weighted by Crippen LogP contribution is -2.45. The lowest BCUT2D eigenvalue weighted by atomic mass is 10.1. The normalized spacial score (nSPS) is 17.4. The number of rotatable bonds is 5. The molecule has 1 amide bonds. The van der Waals surface area contributed by atoms with Gasteiger partial charge >= 0.3 is 0 Å². The number of hydrogen-bond acceptors (Lipinski definition) is 6. The summed E-state index contributed by atoms with van der Waals surface area (Å²) in [6.07, 6.45) is 6.69. The molecule has 0 spiro atoms. The van der Waals surface area contributed by atoms with Gasteiger partial charge in [-0.15, -0.1) is 0 Å². The molecule has 132 valence electrons. The molecule has 0 aromatic carbocycles. The van der Waals surface area contributed by atoms with E-state index in [9.17, 15) is 4.79 Å². The predicted octanol–water partition coefficient (Wildman–Crippen LogP) is 1.41. The Labute approximate surface area is 147 Å². The summed E-state index contributed by atoms with van der Waals surface area (Å²) in [6, 6.07) is 5.81. The number of aryl methyl sites for hydroxylation is 1. The molecule has 0 bridgehead atoms. The number of carbonyl (C=O) groups excluding carboxylic acids is 1. The van der Waals surface area contributed by atoms with Crippen LogP contribution in [0.3, 0.4) is 0 Å². The predicted molar refractivity (Wildman–Crippen MR) is 94.6 cm³/mol. The van der Waals surface area contributed by atoms with E-state index in [1.807, 2.05) is 36.2 Å². The molecule has 0 N–H and O–H groups in total. The van der Waals surface area contributed by atoms with Crippen LogP contribution in [0.15, 0.2) is 36.8 Å². The van der Waals surface area contributed by atoms with E-state index in [0.29, 0.717) is 25.3 Å². The molecule has 1 saturated heterocycles. The Morgan fingerprint density at radius 2 is 2.20 bits per heavy atom. The number of aromatic nitrogens is 3. The van der Waals surface area contributed by atoms with E-state index in [4.69, 9.17) is 4.74 Å². The van der Waals surface area contributed by atoms with Crippen molar-refractivity contribution < 1.29 is 9.53 Å². The van der Waals surface area contributed by atoms with E-state index >= 15 is 0 Å². The van der Waals surface area contributed by atoms with Crippen molar-refractivity contribution in [3.05, 3.63) is 47.9 Å². The maximum atomic E-state index is 12.5. The molecule has 1 atom stereocenters. The van der Waals surface area contributed by atoms with Crippen molar-refractivity contribution >= 4 is 11.7 Å².